The molecule has 0 saturated carbocycles. The molecule has 3 aromatic heterocycles. The Morgan fingerprint density at radius 2 is 1.52 bits per heavy atom. The predicted molar refractivity (Wildman–Crippen MR) is 177 cm³/mol. The molecule has 14 nitrogen and oxygen atoms in total. The molecule has 3 heterocycles. The summed E-state index contributed by atoms with van der Waals surface area (Å²) in [5.41, 5.74) is 12.6. The molecule has 0 atom stereocenters. The lowest BCUT2D eigenvalue weighted by Crippen LogP contribution is -2.23. The van der Waals surface area contributed by atoms with E-state index < -0.39 is 17.8 Å². The van der Waals surface area contributed by atoms with Crippen LogP contribution in [0, 0.1) is 0 Å². The monoisotopic (exact) mass is 698 g/mol. The van der Waals surface area contributed by atoms with Gasteiger partial charge in [0.05, 0.1) is 33.4 Å². The first-order valence-corrected chi connectivity index (χ1v) is 14.4. The number of carboxylic acids is 1. The van der Waals surface area contributed by atoms with E-state index in [-0.39, 0.29) is 47.5 Å². The summed E-state index contributed by atoms with van der Waals surface area (Å²) in [4.78, 5) is 26.5. The highest BCUT2D eigenvalue weighted by atomic mass is 19.4. The van der Waals surface area contributed by atoms with E-state index >= 15 is 0 Å². The number of aromatic nitrogens is 1. The maximum atomic E-state index is 13.7. The average molecular weight is 699 g/mol. The summed E-state index contributed by atoms with van der Waals surface area (Å²) in [5.74, 6) is -1.64. The van der Waals surface area contributed by atoms with Crippen LogP contribution in [0.2, 0.25) is 0 Å². The molecule has 0 bridgehead atoms. The summed E-state index contributed by atoms with van der Waals surface area (Å²) in [6.07, 6.45) is -3.35. The van der Waals surface area contributed by atoms with Crippen molar-refractivity contribution in [3.8, 4) is 45.6 Å². The molecular weight excluding hydrogens is 669 g/mol. The van der Waals surface area contributed by atoms with Gasteiger partial charge in [0, 0.05) is 34.0 Å². The Bertz CT molecular complexity index is 2360. The van der Waals surface area contributed by atoms with Gasteiger partial charge in [-0.05, 0) is 47.3 Å². The summed E-state index contributed by atoms with van der Waals surface area (Å²) >= 11 is 0. The molecule has 0 unspecified atom stereocenters. The van der Waals surface area contributed by atoms with Crippen LogP contribution in [0.4, 0.5) is 13.2 Å². The van der Waals surface area contributed by atoms with Gasteiger partial charge in [-0.2, -0.15) is 13.2 Å². The first kappa shape index (κ1) is 34.8. The minimum Gasteiger partial charge on any atom is -0.504 e. The second-order valence-electron chi connectivity index (χ2n) is 10.5. The lowest BCUT2D eigenvalue weighted by atomic mass is 9.98. The summed E-state index contributed by atoms with van der Waals surface area (Å²) in [5, 5.41) is 30.9. The average Bonchev–Trinajstić information content (AvgIpc) is 3.42. The number of phenols is 2. The molecule has 6 aromatic rings. The van der Waals surface area contributed by atoms with Gasteiger partial charge in [-0.25, -0.2) is 9.59 Å². The largest absolute Gasteiger partial charge is 0.504 e. The quantitative estimate of drug-likeness (QED) is 0.0631. The van der Waals surface area contributed by atoms with Crippen LogP contribution in [0.15, 0.2) is 68.9 Å². The van der Waals surface area contributed by atoms with E-state index in [9.17, 15) is 28.2 Å². The van der Waals surface area contributed by atoms with Crippen LogP contribution in [0.3, 0.4) is 0 Å². The van der Waals surface area contributed by atoms with Gasteiger partial charge in [0.1, 0.15) is 17.7 Å². The predicted octanol–water partition coefficient (Wildman–Crippen LogP) is 4.74. The number of carbonyl (C=O) groups is 1. The second-order valence-corrected chi connectivity index (χ2v) is 10.5. The minimum atomic E-state index is -5.08. The first-order valence-electron chi connectivity index (χ1n) is 14.4. The van der Waals surface area contributed by atoms with Gasteiger partial charge in [-0.15, -0.1) is 0 Å². The van der Waals surface area contributed by atoms with E-state index in [4.69, 9.17) is 44.7 Å². The van der Waals surface area contributed by atoms with Crippen molar-refractivity contribution in [1.82, 2.24) is 4.40 Å². The molecule has 0 saturated heterocycles. The van der Waals surface area contributed by atoms with Crippen LogP contribution in [-0.4, -0.2) is 72.3 Å². The maximum absolute atomic E-state index is 13.7. The summed E-state index contributed by atoms with van der Waals surface area (Å²) in [6, 6.07) is 13.4. The molecule has 17 heteroatoms. The number of pyridine rings is 1. The molecule has 0 aliphatic heterocycles. The van der Waals surface area contributed by atoms with Gasteiger partial charge < -0.3 is 54.6 Å². The standard InChI is InChI=1S/C31H28N4O8.C2HF3O2/c1-39-21-5-4-16(11-19(21)36)26-27-18-13-24(41-3)25(42-9-7-34-31(32)33)14-22(18)43-30(38)29(27)35-8-6-15-10-20(37)23(40-2)12-17(15)28(26)35;3-2(4,5)1(6)7/h4-6,8,10-14,36-37H,7,9H2,1-3H3,(H4,32,33,34);(H,6,7). The smallest absolute Gasteiger partial charge is 0.490 e. The number of nitrogens with two attached hydrogens (primary N) is 2. The van der Waals surface area contributed by atoms with Crippen molar-refractivity contribution in [2.24, 2.45) is 16.5 Å². The Kier molecular flexibility index (Phi) is 9.42. The SMILES string of the molecule is COc1ccc(-c2c3c4cc(OC)c(OCCN=C(N)N)cc4oc(=O)c3n3ccc4cc(O)c(OC)cc4c23)cc1O.O=C(O)C(F)(F)F. The molecule has 0 spiro atoms. The molecule has 3 aromatic carbocycles. The number of hydrogen-bond acceptors (Lipinski definition) is 10. The molecule has 0 aliphatic carbocycles. The fourth-order valence-corrected chi connectivity index (χ4v) is 5.41. The summed E-state index contributed by atoms with van der Waals surface area (Å²) < 4.78 is 61.5. The lowest BCUT2D eigenvalue weighted by molar-refractivity contribution is -0.192. The number of hydrogen-bond donors (Lipinski definition) is 5. The molecule has 0 amide bonds. The fourth-order valence-electron chi connectivity index (χ4n) is 5.41. The highest BCUT2D eigenvalue weighted by Crippen LogP contribution is 2.46. The zero-order valence-corrected chi connectivity index (χ0v) is 26.5. The lowest BCUT2D eigenvalue weighted by Gasteiger charge is -2.12. The van der Waals surface area contributed by atoms with Crippen molar-refractivity contribution in [3.63, 3.8) is 0 Å². The van der Waals surface area contributed by atoms with Crippen molar-refractivity contribution >= 4 is 50.1 Å². The number of methoxy groups -OCH3 is 3. The van der Waals surface area contributed by atoms with Crippen molar-refractivity contribution in [2.45, 2.75) is 6.18 Å². The number of benzene rings is 3. The van der Waals surface area contributed by atoms with Crippen LogP contribution in [0.5, 0.6) is 34.5 Å². The highest BCUT2D eigenvalue weighted by Gasteiger charge is 2.38. The third-order valence-electron chi connectivity index (χ3n) is 7.50. The van der Waals surface area contributed by atoms with Gasteiger partial charge in [0.15, 0.2) is 40.5 Å². The number of aliphatic carboxylic acids is 1. The topological polar surface area (TPSA) is 214 Å². The second kappa shape index (κ2) is 13.5. The van der Waals surface area contributed by atoms with Crippen LogP contribution in [-0.2, 0) is 4.79 Å². The van der Waals surface area contributed by atoms with Crippen molar-refractivity contribution < 1.29 is 56.6 Å². The Morgan fingerprint density at radius 3 is 2.12 bits per heavy atom. The van der Waals surface area contributed by atoms with E-state index in [1.165, 1.54) is 21.3 Å². The van der Waals surface area contributed by atoms with Gasteiger partial charge in [-0.1, -0.05) is 6.07 Å². The minimum absolute atomic E-state index is 0.0267. The number of alkyl halides is 3. The van der Waals surface area contributed by atoms with E-state index in [1.807, 2.05) is 0 Å². The number of rotatable bonds is 8. The number of ether oxygens (including phenoxy) is 4. The zero-order chi connectivity index (χ0) is 36.5. The molecule has 0 radical (unpaired) electrons. The van der Waals surface area contributed by atoms with Gasteiger partial charge >= 0.3 is 17.8 Å². The Labute approximate surface area is 279 Å². The summed E-state index contributed by atoms with van der Waals surface area (Å²) in [6.45, 7) is 0.369. The molecule has 7 N–H and O–H groups in total. The van der Waals surface area contributed by atoms with Crippen molar-refractivity contribution in [2.75, 3.05) is 34.5 Å². The number of aliphatic imine (C=N–C) groups is 1. The van der Waals surface area contributed by atoms with Gasteiger partial charge in [0.25, 0.3) is 0 Å². The molecular formula is C33H29F3N4O10. The van der Waals surface area contributed by atoms with E-state index in [0.29, 0.717) is 55.4 Å². The zero-order valence-electron chi connectivity index (χ0n) is 26.5. The normalized spacial score (nSPS) is 11.3. The molecule has 50 heavy (non-hydrogen) atoms. The van der Waals surface area contributed by atoms with Crippen LogP contribution in [0.25, 0.3) is 49.3 Å². The number of phenolic OH excluding ortho intramolecular Hbond substituents is 2. The highest BCUT2D eigenvalue weighted by molar-refractivity contribution is 6.22. The number of carboxylic acid groups (broad SMARTS) is 1. The van der Waals surface area contributed by atoms with Gasteiger partial charge in [0.2, 0.25) is 0 Å². The number of fused-ring (bicyclic) bond motifs is 7. The third-order valence-corrected chi connectivity index (χ3v) is 7.50. The summed E-state index contributed by atoms with van der Waals surface area (Å²) in [7, 11) is 4.43. The molecule has 0 fully saturated rings. The van der Waals surface area contributed by atoms with E-state index in [2.05, 4.69) is 4.99 Å². The Morgan fingerprint density at radius 1 is 0.880 bits per heavy atom. The molecule has 262 valence electrons. The van der Waals surface area contributed by atoms with Crippen LogP contribution >= 0.6 is 0 Å². The third kappa shape index (κ3) is 6.47. The van der Waals surface area contributed by atoms with Crippen LogP contribution < -0.4 is 36.0 Å². The van der Waals surface area contributed by atoms with Gasteiger partial charge in [-0.3, -0.25) is 4.99 Å². The van der Waals surface area contributed by atoms with Crippen molar-refractivity contribution in [3.05, 3.63) is 65.1 Å². The maximum Gasteiger partial charge on any atom is 0.490 e. The van der Waals surface area contributed by atoms with E-state index in [1.54, 1.807) is 59.1 Å². The fraction of sp³-hybridized carbons (Fsp3) is 0.182. The van der Waals surface area contributed by atoms with E-state index in [0.717, 1.165) is 0 Å². The van der Waals surface area contributed by atoms with Crippen LogP contribution in [0.1, 0.15) is 0 Å². The van der Waals surface area contributed by atoms with Crippen molar-refractivity contribution in [1.29, 1.82) is 0 Å². The molecule has 6 rings (SSSR count). The Hall–Kier alpha value is -6.52. The molecule has 0 aliphatic rings. The number of nitrogens with zero attached hydrogens (tertiary/aromatic N) is 2. The first-order chi connectivity index (χ1) is 23.7. The number of halogens is 3. The number of aromatic hydroxyl groups is 2. The number of guanidine groups is 1. The Balaban J connectivity index is 0.000000630.